The Morgan fingerprint density at radius 3 is 3.06 bits per heavy atom. The summed E-state index contributed by atoms with van der Waals surface area (Å²) in [5.74, 6) is 0.868. The Kier molecular flexibility index (Phi) is 3.56. The van der Waals surface area contributed by atoms with Crippen molar-refractivity contribution in [3.63, 3.8) is 0 Å². The molecule has 2 rings (SSSR count). The summed E-state index contributed by atoms with van der Waals surface area (Å²) in [5.41, 5.74) is 7.25. The van der Waals surface area contributed by atoms with E-state index in [2.05, 4.69) is 15.3 Å². The Labute approximate surface area is 98.5 Å². The van der Waals surface area contributed by atoms with Gasteiger partial charge in [-0.1, -0.05) is 0 Å². The van der Waals surface area contributed by atoms with Gasteiger partial charge in [-0.2, -0.15) is 0 Å². The van der Waals surface area contributed by atoms with Gasteiger partial charge in [-0.15, -0.1) is 0 Å². The van der Waals surface area contributed by atoms with Gasteiger partial charge in [0.15, 0.2) is 11.6 Å². The second-order valence-electron chi connectivity index (χ2n) is 3.51. The van der Waals surface area contributed by atoms with E-state index >= 15 is 0 Å². The van der Waals surface area contributed by atoms with Gasteiger partial charge in [-0.25, -0.2) is 9.97 Å². The van der Waals surface area contributed by atoms with Crippen molar-refractivity contribution in [3.8, 4) is 11.3 Å². The van der Waals surface area contributed by atoms with Gasteiger partial charge in [0.25, 0.3) is 0 Å². The summed E-state index contributed by atoms with van der Waals surface area (Å²) in [6.07, 6.45) is 5.40. The van der Waals surface area contributed by atoms with Crippen LogP contribution in [0.1, 0.15) is 6.42 Å². The molecule has 6 nitrogen and oxygen atoms in total. The van der Waals surface area contributed by atoms with E-state index in [1.165, 1.54) is 0 Å². The minimum atomic E-state index is 0.127. The number of nitrogens with two attached hydrogens (primary N) is 1. The van der Waals surface area contributed by atoms with Crippen LogP contribution in [0.5, 0.6) is 0 Å². The minimum Gasteiger partial charge on any atom is -0.472 e. The molecule has 0 bridgehead atoms. The molecule has 17 heavy (non-hydrogen) atoms. The van der Waals surface area contributed by atoms with Gasteiger partial charge >= 0.3 is 0 Å². The quantitative estimate of drug-likeness (QED) is 0.670. The molecule has 0 saturated heterocycles. The van der Waals surface area contributed by atoms with Crippen molar-refractivity contribution in [2.24, 2.45) is 0 Å². The van der Waals surface area contributed by atoms with Gasteiger partial charge in [-0.05, 0) is 12.5 Å². The summed E-state index contributed by atoms with van der Waals surface area (Å²) in [6, 6.07) is 1.80. The van der Waals surface area contributed by atoms with Crippen LogP contribution in [0.25, 0.3) is 11.3 Å². The van der Waals surface area contributed by atoms with Crippen LogP contribution in [0.4, 0.5) is 11.6 Å². The van der Waals surface area contributed by atoms with Gasteiger partial charge in [-0.3, -0.25) is 0 Å². The highest BCUT2D eigenvalue weighted by Crippen LogP contribution is 2.21. The summed E-state index contributed by atoms with van der Waals surface area (Å²) in [5, 5.41) is 11.7. The lowest BCUT2D eigenvalue weighted by molar-refractivity contribution is 0.292. The number of nitrogen functional groups attached to an aromatic ring is 1. The number of hydrogen-bond donors (Lipinski definition) is 3. The van der Waals surface area contributed by atoms with E-state index in [0.717, 1.165) is 5.56 Å². The molecule has 90 valence electrons. The summed E-state index contributed by atoms with van der Waals surface area (Å²) < 4.78 is 4.99. The number of aliphatic hydroxyl groups is 1. The maximum absolute atomic E-state index is 8.70. The molecule has 2 aromatic heterocycles. The smallest absolute Gasteiger partial charge is 0.169 e. The lowest BCUT2D eigenvalue weighted by Gasteiger charge is -2.07. The number of aliphatic hydroxyl groups excluding tert-OH is 1. The second-order valence-corrected chi connectivity index (χ2v) is 3.51. The average molecular weight is 234 g/mol. The zero-order valence-electron chi connectivity index (χ0n) is 9.26. The zero-order valence-corrected chi connectivity index (χ0v) is 9.26. The summed E-state index contributed by atoms with van der Waals surface area (Å²) in [6.45, 7) is 0.728. The van der Waals surface area contributed by atoms with E-state index in [1.807, 2.05) is 0 Å². The van der Waals surface area contributed by atoms with E-state index in [0.29, 0.717) is 30.3 Å². The standard InChI is InChI=1S/C11H14N4O2/c12-10-11(13-3-1-4-16)15-9(6-14-10)8-2-5-17-7-8/h2,5-7,16H,1,3-4H2,(H2,12,14)(H,13,15). The maximum atomic E-state index is 8.70. The lowest BCUT2D eigenvalue weighted by atomic mass is 10.2. The fraction of sp³-hybridized carbons (Fsp3) is 0.273. The van der Waals surface area contributed by atoms with Gasteiger partial charge < -0.3 is 20.6 Å². The average Bonchev–Trinajstić information content (AvgIpc) is 2.85. The van der Waals surface area contributed by atoms with Crippen molar-refractivity contribution in [2.45, 2.75) is 6.42 Å². The predicted molar refractivity (Wildman–Crippen MR) is 64.3 cm³/mol. The van der Waals surface area contributed by atoms with Gasteiger partial charge in [0.1, 0.15) is 0 Å². The Morgan fingerprint density at radius 2 is 2.35 bits per heavy atom. The van der Waals surface area contributed by atoms with E-state index in [1.54, 1.807) is 24.8 Å². The molecule has 6 heteroatoms. The Morgan fingerprint density at radius 1 is 1.47 bits per heavy atom. The monoisotopic (exact) mass is 234 g/mol. The maximum Gasteiger partial charge on any atom is 0.169 e. The van der Waals surface area contributed by atoms with Crippen molar-refractivity contribution in [2.75, 3.05) is 24.2 Å². The van der Waals surface area contributed by atoms with Gasteiger partial charge in [0.05, 0.1) is 24.4 Å². The van der Waals surface area contributed by atoms with Crippen LogP contribution < -0.4 is 11.1 Å². The van der Waals surface area contributed by atoms with Crippen LogP contribution in [0.15, 0.2) is 29.2 Å². The van der Waals surface area contributed by atoms with Gasteiger partial charge in [0.2, 0.25) is 0 Å². The molecule has 0 amide bonds. The van der Waals surface area contributed by atoms with E-state index in [9.17, 15) is 0 Å². The molecule has 0 spiro atoms. The molecule has 0 aliphatic heterocycles. The van der Waals surface area contributed by atoms with Crippen LogP contribution in [0.3, 0.4) is 0 Å². The highest BCUT2D eigenvalue weighted by molar-refractivity contribution is 5.64. The first kappa shape index (κ1) is 11.4. The molecule has 0 saturated carbocycles. The van der Waals surface area contributed by atoms with Crippen LogP contribution >= 0.6 is 0 Å². The van der Waals surface area contributed by atoms with Crippen molar-refractivity contribution in [1.29, 1.82) is 0 Å². The third-order valence-corrected chi connectivity index (χ3v) is 2.25. The summed E-state index contributed by atoms with van der Waals surface area (Å²) in [7, 11) is 0. The van der Waals surface area contributed by atoms with Crippen molar-refractivity contribution in [3.05, 3.63) is 24.8 Å². The number of rotatable bonds is 5. The highest BCUT2D eigenvalue weighted by atomic mass is 16.3. The normalized spacial score (nSPS) is 10.4. The first-order chi connectivity index (χ1) is 8.31. The topological polar surface area (TPSA) is 97.2 Å². The number of anilines is 2. The summed E-state index contributed by atoms with van der Waals surface area (Å²) in [4.78, 5) is 8.41. The molecule has 0 aromatic carbocycles. The highest BCUT2D eigenvalue weighted by Gasteiger charge is 2.06. The van der Waals surface area contributed by atoms with Crippen LogP contribution in [-0.2, 0) is 0 Å². The molecule has 0 unspecified atom stereocenters. The molecule has 0 radical (unpaired) electrons. The molecular weight excluding hydrogens is 220 g/mol. The van der Waals surface area contributed by atoms with Crippen LogP contribution in [0.2, 0.25) is 0 Å². The molecule has 2 heterocycles. The SMILES string of the molecule is Nc1ncc(-c2ccoc2)nc1NCCCO. The van der Waals surface area contributed by atoms with Gasteiger partial charge in [0, 0.05) is 18.7 Å². The largest absolute Gasteiger partial charge is 0.472 e. The molecule has 0 aliphatic carbocycles. The summed E-state index contributed by atoms with van der Waals surface area (Å²) >= 11 is 0. The molecule has 0 fully saturated rings. The number of aromatic nitrogens is 2. The zero-order chi connectivity index (χ0) is 12.1. The van der Waals surface area contributed by atoms with Crippen molar-refractivity contribution >= 4 is 11.6 Å². The molecular formula is C11H14N4O2. The third-order valence-electron chi connectivity index (χ3n) is 2.25. The lowest BCUT2D eigenvalue weighted by Crippen LogP contribution is -2.09. The minimum absolute atomic E-state index is 0.127. The molecule has 2 aromatic rings. The Hall–Kier alpha value is -2.08. The Balaban J connectivity index is 2.18. The van der Waals surface area contributed by atoms with E-state index in [4.69, 9.17) is 15.3 Å². The first-order valence-electron chi connectivity index (χ1n) is 5.31. The third kappa shape index (κ3) is 2.73. The predicted octanol–water partition coefficient (Wildman–Crippen LogP) is 1.11. The second kappa shape index (κ2) is 5.31. The van der Waals surface area contributed by atoms with E-state index < -0.39 is 0 Å². The van der Waals surface area contributed by atoms with Crippen LogP contribution in [0, 0.1) is 0 Å². The number of furan rings is 1. The molecule has 4 N–H and O–H groups in total. The van der Waals surface area contributed by atoms with Crippen molar-refractivity contribution < 1.29 is 9.52 Å². The number of nitrogens with one attached hydrogen (secondary N) is 1. The number of nitrogens with zero attached hydrogens (tertiary/aromatic N) is 2. The Bertz CT molecular complexity index is 470. The van der Waals surface area contributed by atoms with E-state index in [-0.39, 0.29) is 6.61 Å². The molecule has 0 aliphatic rings. The number of hydrogen-bond acceptors (Lipinski definition) is 6. The molecule has 0 atom stereocenters. The fourth-order valence-electron chi connectivity index (χ4n) is 1.36. The fourth-order valence-corrected chi connectivity index (χ4v) is 1.36. The first-order valence-corrected chi connectivity index (χ1v) is 5.31. The van der Waals surface area contributed by atoms with Crippen molar-refractivity contribution in [1.82, 2.24) is 9.97 Å². The van der Waals surface area contributed by atoms with Crippen LogP contribution in [-0.4, -0.2) is 28.2 Å².